The van der Waals surface area contributed by atoms with E-state index in [1.807, 2.05) is 13.0 Å². The third kappa shape index (κ3) is 5.06. The normalized spacial score (nSPS) is 20.3. The monoisotopic (exact) mass is 452 g/mol. The number of thioether (sulfide) groups is 1. The number of carbonyl (C=O) groups excluding carboxylic acids is 1. The van der Waals surface area contributed by atoms with Crippen molar-refractivity contribution in [1.82, 2.24) is 4.98 Å². The van der Waals surface area contributed by atoms with Crippen LogP contribution in [-0.2, 0) is 12.0 Å². The van der Waals surface area contributed by atoms with Gasteiger partial charge < -0.3 is 10.8 Å². The minimum Gasteiger partial charge on any atom is -0.386 e. The van der Waals surface area contributed by atoms with E-state index in [1.54, 1.807) is 32.9 Å². The number of hydrogen-bond donors (Lipinski definition) is 2. The van der Waals surface area contributed by atoms with Crippen molar-refractivity contribution in [3.8, 4) is 6.07 Å². The summed E-state index contributed by atoms with van der Waals surface area (Å²) >= 11 is 1.28. The summed E-state index contributed by atoms with van der Waals surface area (Å²) in [5, 5.41) is 19.6. The molecular weight excluding hydrogens is 427 g/mol. The van der Waals surface area contributed by atoms with Crippen LogP contribution in [0.25, 0.3) is 0 Å². The van der Waals surface area contributed by atoms with Gasteiger partial charge in [-0.25, -0.2) is 4.39 Å². The molecule has 0 spiro atoms. The molecule has 1 aliphatic rings. The highest BCUT2D eigenvalue weighted by Gasteiger charge is 2.36. The number of halogens is 1. The van der Waals surface area contributed by atoms with E-state index in [2.05, 4.69) is 9.98 Å². The lowest BCUT2D eigenvalue weighted by Gasteiger charge is -2.34. The number of ketones is 1. The maximum atomic E-state index is 14.9. The Hall–Kier alpha value is -3.02. The molecule has 3 rings (SSSR count). The Morgan fingerprint density at radius 3 is 2.69 bits per heavy atom. The Morgan fingerprint density at radius 1 is 1.38 bits per heavy atom. The van der Waals surface area contributed by atoms with Crippen LogP contribution in [0.2, 0.25) is 0 Å². The Morgan fingerprint density at radius 2 is 2.09 bits per heavy atom. The number of nitrogens with two attached hydrogens (primary N) is 1. The summed E-state index contributed by atoms with van der Waals surface area (Å²) in [5.74, 6) is -0.679. The molecule has 0 unspecified atom stereocenters. The van der Waals surface area contributed by atoms with Gasteiger partial charge in [-0.1, -0.05) is 17.8 Å². The molecule has 1 aliphatic heterocycles. The van der Waals surface area contributed by atoms with Crippen LogP contribution in [0, 0.1) is 17.1 Å². The number of rotatable bonds is 5. The van der Waals surface area contributed by atoms with Crippen molar-refractivity contribution in [3.05, 3.63) is 75.2 Å². The van der Waals surface area contributed by atoms with Gasteiger partial charge in [0.25, 0.3) is 0 Å². The second-order valence-electron chi connectivity index (χ2n) is 8.57. The van der Waals surface area contributed by atoms with Gasteiger partial charge in [0.1, 0.15) is 17.6 Å². The van der Waals surface area contributed by atoms with E-state index >= 15 is 0 Å². The van der Waals surface area contributed by atoms with Crippen molar-refractivity contribution in [2.24, 2.45) is 10.7 Å². The van der Waals surface area contributed by atoms with Gasteiger partial charge >= 0.3 is 0 Å². The van der Waals surface area contributed by atoms with Gasteiger partial charge in [-0.2, -0.15) is 5.26 Å². The topological polar surface area (TPSA) is 112 Å². The third-order valence-corrected chi connectivity index (χ3v) is 6.58. The lowest BCUT2D eigenvalue weighted by molar-refractivity contribution is 0.0988. The van der Waals surface area contributed by atoms with E-state index < -0.39 is 17.0 Å². The van der Waals surface area contributed by atoms with Crippen LogP contribution in [0.3, 0.4) is 0 Å². The quantitative estimate of drug-likeness (QED) is 0.657. The van der Waals surface area contributed by atoms with Crippen molar-refractivity contribution < 1.29 is 14.3 Å². The molecule has 0 fully saturated rings. The van der Waals surface area contributed by atoms with Crippen LogP contribution < -0.4 is 5.73 Å². The van der Waals surface area contributed by atoms with E-state index in [4.69, 9.17) is 11.0 Å². The molecule has 0 saturated carbocycles. The molecule has 0 amide bonds. The summed E-state index contributed by atoms with van der Waals surface area (Å²) in [6, 6.07) is 9.53. The number of Topliss-reactive ketones (excluding diaryl/α,β-unsaturated/α-hetero) is 1. The average molecular weight is 453 g/mol. The number of carbonyl (C=O) groups is 1. The second kappa shape index (κ2) is 8.85. The molecule has 8 heteroatoms. The molecule has 0 saturated heterocycles. The SMILES string of the molecule is C/C(=C1\C[C@@](C)(c2cc(CC(=O)c3ccc(C#N)cn3)ccc2F)N=C(N)S1)C(C)(C)O. The molecule has 166 valence electrons. The Kier molecular flexibility index (Phi) is 6.54. The molecule has 0 radical (unpaired) electrons. The predicted molar refractivity (Wildman–Crippen MR) is 124 cm³/mol. The van der Waals surface area contributed by atoms with E-state index in [1.165, 1.54) is 36.2 Å². The van der Waals surface area contributed by atoms with E-state index in [-0.39, 0.29) is 17.9 Å². The zero-order chi connectivity index (χ0) is 23.7. The number of aliphatic imine (C=N–C) groups is 1. The number of aliphatic hydroxyl groups is 1. The maximum absolute atomic E-state index is 14.9. The maximum Gasteiger partial charge on any atom is 0.185 e. The van der Waals surface area contributed by atoms with Crippen LogP contribution in [0.4, 0.5) is 4.39 Å². The van der Waals surface area contributed by atoms with Crippen LogP contribution in [0.5, 0.6) is 0 Å². The molecule has 32 heavy (non-hydrogen) atoms. The number of pyridine rings is 1. The van der Waals surface area contributed by atoms with Gasteiger partial charge in [0, 0.05) is 24.6 Å². The zero-order valence-corrected chi connectivity index (χ0v) is 19.3. The van der Waals surface area contributed by atoms with Gasteiger partial charge in [0.15, 0.2) is 11.0 Å². The summed E-state index contributed by atoms with van der Waals surface area (Å²) < 4.78 is 14.9. The second-order valence-corrected chi connectivity index (χ2v) is 9.68. The highest BCUT2D eigenvalue weighted by molar-refractivity contribution is 8.17. The van der Waals surface area contributed by atoms with Gasteiger partial charge in [-0.05, 0) is 68.0 Å². The van der Waals surface area contributed by atoms with Crippen LogP contribution in [-0.4, -0.2) is 26.6 Å². The molecule has 6 nitrogen and oxygen atoms in total. The molecular formula is C24H25FN4O2S. The first kappa shape index (κ1) is 23.6. The van der Waals surface area contributed by atoms with Crippen molar-refractivity contribution in [2.45, 2.75) is 51.7 Å². The number of benzene rings is 1. The summed E-state index contributed by atoms with van der Waals surface area (Å²) in [4.78, 5) is 22.1. The van der Waals surface area contributed by atoms with E-state index in [9.17, 15) is 14.3 Å². The van der Waals surface area contributed by atoms with Gasteiger partial charge in [0.05, 0.1) is 16.7 Å². The number of nitrogens with zero attached hydrogens (tertiary/aromatic N) is 3. The van der Waals surface area contributed by atoms with Crippen molar-refractivity contribution in [3.63, 3.8) is 0 Å². The predicted octanol–water partition coefficient (Wildman–Crippen LogP) is 4.23. The lowest BCUT2D eigenvalue weighted by Crippen LogP contribution is -2.31. The average Bonchev–Trinajstić information content (AvgIpc) is 2.73. The highest BCUT2D eigenvalue weighted by atomic mass is 32.2. The Labute approximate surface area is 191 Å². The molecule has 1 aromatic heterocycles. The fraction of sp³-hybridized carbons (Fsp3) is 0.333. The van der Waals surface area contributed by atoms with Gasteiger partial charge in [-0.3, -0.25) is 14.8 Å². The van der Waals surface area contributed by atoms with Gasteiger partial charge in [-0.15, -0.1) is 0 Å². The third-order valence-electron chi connectivity index (χ3n) is 5.58. The fourth-order valence-corrected chi connectivity index (χ4v) is 4.74. The smallest absolute Gasteiger partial charge is 0.185 e. The number of nitriles is 1. The Balaban J connectivity index is 1.94. The van der Waals surface area contributed by atoms with E-state index in [0.29, 0.717) is 28.3 Å². The first-order valence-electron chi connectivity index (χ1n) is 10.1. The number of aromatic nitrogens is 1. The standard InChI is InChI=1S/C24H25FN4O2S/c1-14(23(2,3)31)21-11-24(4,29-22(27)32-21)17-9-15(5-7-18(17)25)10-20(30)19-8-6-16(12-26)13-28-19/h5-9,13,31H,10-11H2,1-4H3,(H2,27,29)/b21-14-/t24-/m0/s1. The molecule has 3 N–H and O–H groups in total. The highest BCUT2D eigenvalue weighted by Crippen LogP contribution is 2.44. The molecule has 2 aromatic rings. The zero-order valence-electron chi connectivity index (χ0n) is 18.4. The van der Waals surface area contributed by atoms with Crippen molar-refractivity contribution >= 4 is 22.7 Å². The van der Waals surface area contributed by atoms with Crippen LogP contribution in [0.15, 0.2) is 52.0 Å². The summed E-state index contributed by atoms with van der Waals surface area (Å²) in [6.07, 6.45) is 1.75. The first-order chi connectivity index (χ1) is 14.9. The summed E-state index contributed by atoms with van der Waals surface area (Å²) in [6.45, 7) is 7.01. The van der Waals surface area contributed by atoms with Gasteiger partial charge in [0.2, 0.25) is 0 Å². The molecule has 1 aromatic carbocycles. The molecule has 2 heterocycles. The van der Waals surface area contributed by atoms with Crippen LogP contribution in [0.1, 0.15) is 61.3 Å². The van der Waals surface area contributed by atoms with Crippen molar-refractivity contribution in [2.75, 3.05) is 0 Å². The summed E-state index contributed by atoms with van der Waals surface area (Å²) in [5.41, 5.74) is 6.38. The van der Waals surface area contributed by atoms with Crippen molar-refractivity contribution in [1.29, 1.82) is 5.26 Å². The molecule has 1 atom stereocenters. The number of amidine groups is 1. The van der Waals surface area contributed by atoms with E-state index in [0.717, 1.165) is 10.5 Å². The van der Waals surface area contributed by atoms with Crippen LogP contribution >= 0.6 is 11.8 Å². The minimum atomic E-state index is -1.04. The molecule has 0 aliphatic carbocycles. The minimum absolute atomic E-state index is 0.0294. The summed E-state index contributed by atoms with van der Waals surface area (Å²) in [7, 11) is 0. The number of hydrogen-bond acceptors (Lipinski definition) is 7. The fourth-order valence-electron chi connectivity index (χ4n) is 3.48. The Bertz CT molecular complexity index is 1160. The largest absolute Gasteiger partial charge is 0.386 e. The lowest BCUT2D eigenvalue weighted by atomic mass is 9.85. The first-order valence-corrected chi connectivity index (χ1v) is 10.9. The molecule has 0 bridgehead atoms.